The zero-order valence-corrected chi connectivity index (χ0v) is 17.9. The van der Waals surface area contributed by atoms with Gasteiger partial charge < -0.3 is 24.6 Å². The van der Waals surface area contributed by atoms with Crippen molar-refractivity contribution in [2.45, 2.75) is 13.0 Å². The molecule has 1 saturated heterocycles. The van der Waals surface area contributed by atoms with E-state index in [1.807, 2.05) is 24.3 Å². The van der Waals surface area contributed by atoms with Crippen LogP contribution < -0.4 is 15.0 Å². The number of likely N-dealkylation sites (N-methyl/N-ethyl adjacent to an activating group) is 1. The number of hydrogen-bond acceptors (Lipinski definition) is 5. The first-order valence-electron chi connectivity index (χ1n) is 9.82. The number of nitrogens with one attached hydrogen (secondary N) is 1. The summed E-state index contributed by atoms with van der Waals surface area (Å²) in [5.74, 6) is -0.0747. The summed E-state index contributed by atoms with van der Waals surface area (Å²) in [5.41, 5.74) is 1.77. The molecule has 1 aliphatic rings. The second-order valence-corrected chi connectivity index (χ2v) is 7.54. The van der Waals surface area contributed by atoms with Crippen molar-refractivity contribution in [3.8, 4) is 5.75 Å². The first kappa shape index (κ1) is 21.9. The lowest BCUT2D eigenvalue weighted by atomic mass is 10.2. The summed E-state index contributed by atoms with van der Waals surface area (Å²) in [6.45, 7) is 4.72. The van der Waals surface area contributed by atoms with Crippen LogP contribution in [0.25, 0.3) is 0 Å². The van der Waals surface area contributed by atoms with E-state index in [0.717, 1.165) is 32.0 Å². The Labute approximate surface area is 181 Å². The Bertz CT molecular complexity index is 869. The van der Waals surface area contributed by atoms with Gasteiger partial charge in [-0.1, -0.05) is 17.7 Å². The van der Waals surface area contributed by atoms with Crippen molar-refractivity contribution in [3.05, 3.63) is 53.6 Å². The van der Waals surface area contributed by atoms with Crippen molar-refractivity contribution in [1.29, 1.82) is 0 Å². The SMILES string of the molecule is C[C@H](Oc1cccc(Cl)c1)C(=O)N(C)CC(=O)Nc1ccc(N2CCOCC2)cc1. The van der Waals surface area contributed by atoms with E-state index in [9.17, 15) is 9.59 Å². The topological polar surface area (TPSA) is 71.1 Å². The van der Waals surface area contributed by atoms with Crippen LogP contribution in [-0.4, -0.2) is 62.7 Å². The molecule has 0 spiro atoms. The van der Waals surface area contributed by atoms with E-state index in [2.05, 4.69) is 10.2 Å². The van der Waals surface area contributed by atoms with Gasteiger partial charge in [0.05, 0.1) is 19.8 Å². The van der Waals surface area contributed by atoms with Crippen molar-refractivity contribution < 1.29 is 19.1 Å². The van der Waals surface area contributed by atoms with Gasteiger partial charge in [-0.25, -0.2) is 0 Å². The standard InChI is InChI=1S/C22H26ClN3O4/c1-16(30-20-5-3-4-17(23)14-20)22(28)25(2)15-21(27)24-18-6-8-19(9-7-18)26-10-12-29-13-11-26/h3-9,14,16H,10-13,15H2,1-2H3,(H,24,27)/t16-/m0/s1. The Morgan fingerprint density at radius 3 is 2.57 bits per heavy atom. The third kappa shape index (κ3) is 6.11. The summed E-state index contributed by atoms with van der Waals surface area (Å²) in [4.78, 5) is 28.4. The Hall–Kier alpha value is -2.77. The quantitative estimate of drug-likeness (QED) is 0.729. The van der Waals surface area contributed by atoms with Gasteiger partial charge in [-0.2, -0.15) is 0 Å². The number of halogens is 1. The average molecular weight is 432 g/mol. The molecule has 1 heterocycles. The zero-order chi connectivity index (χ0) is 21.5. The second-order valence-electron chi connectivity index (χ2n) is 7.11. The Balaban J connectivity index is 1.49. The highest BCUT2D eigenvalue weighted by molar-refractivity contribution is 6.30. The molecule has 7 nitrogen and oxygen atoms in total. The lowest BCUT2D eigenvalue weighted by Crippen LogP contribution is -2.42. The lowest BCUT2D eigenvalue weighted by molar-refractivity contribution is -0.139. The van der Waals surface area contributed by atoms with Gasteiger partial charge >= 0.3 is 0 Å². The first-order valence-corrected chi connectivity index (χ1v) is 10.2. The van der Waals surface area contributed by atoms with Crippen molar-refractivity contribution in [2.24, 2.45) is 0 Å². The van der Waals surface area contributed by atoms with Crippen LogP contribution in [0.3, 0.4) is 0 Å². The predicted octanol–water partition coefficient (Wildman–Crippen LogP) is 3.04. The van der Waals surface area contributed by atoms with E-state index < -0.39 is 6.10 Å². The van der Waals surface area contributed by atoms with Crippen molar-refractivity contribution in [3.63, 3.8) is 0 Å². The molecular formula is C22H26ClN3O4. The van der Waals surface area contributed by atoms with Crippen LogP contribution in [0.4, 0.5) is 11.4 Å². The number of morpholine rings is 1. The highest BCUT2D eigenvalue weighted by atomic mass is 35.5. The molecule has 0 aliphatic carbocycles. The Kier molecular flexibility index (Phi) is 7.54. The van der Waals surface area contributed by atoms with E-state index >= 15 is 0 Å². The summed E-state index contributed by atoms with van der Waals surface area (Å²) in [6.07, 6.45) is -0.742. The van der Waals surface area contributed by atoms with Crippen molar-refractivity contribution >= 4 is 34.8 Å². The maximum atomic E-state index is 12.5. The summed E-state index contributed by atoms with van der Waals surface area (Å²) in [7, 11) is 1.57. The molecular weight excluding hydrogens is 406 g/mol. The largest absolute Gasteiger partial charge is 0.481 e. The number of carbonyl (C=O) groups excluding carboxylic acids is 2. The number of anilines is 2. The van der Waals surface area contributed by atoms with E-state index in [4.69, 9.17) is 21.1 Å². The minimum atomic E-state index is -0.742. The fourth-order valence-corrected chi connectivity index (χ4v) is 3.36. The van der Waals surface area contributed by atoms with Gasteiger partial charge in [-0.3, -0.25) is 9.59 Å². The van der Waals surface area contributed by atoms with Gasteiger partial charge in [0, 0.05) is 36.5 Å². The van der Waals surface area contributed by atoms with Gasteiger partial charge in [0.2, 0.25) is 5.91 Å². The smallest absolute Gasteiger partial charge is 0.263 e. The van der Waals surface area contributed by atoms with Crippen LogP contribution in [0.2, 0.25) is 5.02 Å². The van der Waals surface area contributed by atoms with Crippen LogP contribution in [0, 0.1) is 0 Å². The van der Waals surface area contributed by atoms with Crippen molar-refractivity contribution in [1.82, 2.24) is 4.90 Å². The molecule has 0 bridgehead atoms. The average Bonchev–Trinajstić information content (AvgIpc) is 2.74. The highest BCUT2D eigenvalue weighted by Gasteiger charge is 2.21. The molecule has 0 saturated carbocycles. The maximum absolute atomic E-state index is 12.5. The normalized spacial score (nSPS) is 14.7. The molecule has 2 aromatic rings. The number of carbonyl (C=O) groups is 2. The number of rotatable bonds is 7. The number of benzene rings is 2. The first-order chi connectivity index (χ1) is 14.4. The van der Waals surface area contributed by atoms with Crippen LogP contribution in [0.5, 0.6) is 5.75 Å². The molecule has 160 valence electrons. The van der Waals surface area contributed by atoms with Crippen LogP contribution in [0.1, 0.15) is 6.92 Å². The fourth-order valence-electron chi connectivity index (χ4n) is 3.18. The molecule has 0 aromatic heterocycles. The maximum Gasteiger partial charge on any atom is 0.263 e. The van der Waals surface area contributed by atoms with Gasteiger partial charge in [-0.05, 0) is 49.4 Å². The monoisotopic (exact) mass is 431 g/mol. The summed E-state index contributed by atoms with van der Waals surface area (Å²) >= 11 is 5.93. The molecule has 1 N–H and O–H groups in total. The summed E-state index contributed by atoms with van der Waals surface area (Å²) in [6, 6.07) is 14.5. The van der Waals surface area contributed by atoms with Gasteiger partial charge in [-0.15, -0.1) is 0 Å². The molecule has 0 radical (unpaired) electrons. The van der Waals surface area contributed by atoms with Crippen LogP contribution in [-0.2, 0) is 14.3 Å². The van der Waals surface area contributed by atoms with Crippen LogP contribution >= 0.6 is 11.6 Å². The number of ether oxygens (including phenoxy) is 2. The minimum absolute atomic E-state index is 0.0761. The second kappa shape index (κ2) is 10.3. The lowest BCUT2D eigenvalue weighted by Gasteiger charge is -2.29. The van der Waals surface area contributed by atoms with Gasteiger partial charge in [0.1, 0.15) is 5.75 Å². The third-order valence-electron chi connectivity index (χ3n) is 4.74. The molecule has 2 aromatic carbocycles. The fraction of sp³-hybridized carbons (Fsp3) is 0.364. The van der Waals surface area contributed by atoms with Crippen molar-refractivity contribution in [2.75, 3.05) is 50.1 Å². The molecule has 0 unspecified atom stereocenters. The third-order valence-corrected chi connectivity index (χ3v) is 4.98. The molecule has 1 aliphatic heterocycles. The molecule has 2 amide bonds. The molecule has 30 heavy (non-hydrogen) atoms. The zero-order valence-electron chi connectivity index (χ0n) is 17.1. The highest BCUT2D eigenvalue weighted by Crippen LogP contribution is 2.20. The van der Waals surface area contributed by atoms with Gasteiger partial charge in [0.25, 0.3) is 5.91 Å². The molecule has 1 atom stereocenters. The Morgan fingerprint density at radius 1 is 1.20 bits per heavy atom. The Morgan fingerprint density at radius 2 is 1.90 bits per heavy atom. The summed E-state index contributed by atoms with van der Waals surface area (Å²) < 4.78 is 11.0. The molecule has 1 fully saturated rings. The molecule has 3 rings (SSSR count). The van der Waals surface area contributed by atoms with E-state index in [0.29, 0.717) is 16.5 Å². The number of amides is 2. The number of hydrogen-bond donors (Lipinski definition) is 1. The van der Waals surface area contributed by atoms with E-state index in [1.165, 1.54) is 4.90 Å². The summed E-state index contributed by atoms with van der Waals surface area (Å²) in [5, 5.41) is 3.35. The molecule has 8 heteroatoms. The predicted molar refractivity (Wildman–Crippen MR) is 117 cm³/mol. The van der Waals surface area contributed by atoms with Gasteiger partial charge in [0.15, 0.2) is 6.10 Å². The number of nitrogens with zero attached hydrogens (tertiary/aromatic N) is 2. The van der Waals surface area contributed by atoms with E-state index in [-0.39, 0.29) is 18.4 Å². The van der Waals surface area contributed by atoms with E-state index in [1.54, 1.807) is 38.2 Å². The minimum Gasteiger partial charge on any atom is -0.481 e. The van der Waals surface area contributed by atoms with Crippen LogP contribution in [0.15, 0.2) is 48.5 Å².